The van der Waals surface area contributed by atoms with Gasteiger partial charge in [0.25, 0.3) is 0 Å². The summed E-state index contributed by atoms with van der Waals surface area (Å²) in [5.74, 6) is 0.313. The molecule has 2 fully saturated rings. The fourth-order valence-electron chi connectivity index (χ4n) is 4.22. The summed E-state index contributed by atoms with van der Waals surface area (Å²) in [6.45, 7) is 4.14. The lowest BCUT2D eigenvalue weighted by Crippen LogP contribution is -2.34. The lowest BCUT2D eigenvalue weighted by molar-refractivity contribution is -0.130. The standard InChI is InChI=1S/C21H24N4O2/c1-16-3-2-4-18(9-16)25-14-21(10-20(25)27)7-8-24(13-21)19(26)6-5-17-11-22-15-23-12-17/h2-4,9,11-12,15H,5-8,10,13-14H2,1H3. The summed E-state index contributed by atoms with van der Waals surface area (Å²) in [5.41, 5.74) is 2.98. The van der Waals surface area contributed by atoms with E-state index in [0.29, 0.717) is 32.4 Å². The quantitative estimate of drug-likeness (QED) is 0.835. The van der Waals surface area contributed by atoms with Crippen LogP contribution in [0.4, 0.5) is 5.69 Å². The van der Waals surface area contributed by atoms with Crippen LogP contribution in [0.3, 0.4) is 0 Å². The largest absolute Gasteiger partial charge is 0.342 e. The maximum atomic E-state index is 12.6. The topological polar surface area (TPSA) is 66.4 Å². The van der Waals surface area contributed by atoms with Crippen LogP contribution in [0.25, 0.3) is 0 Å². The molecule has 1 spiro atoms. The van der Waals surface area contributed by atoms with Crippen molar-refractivity contribution in [2.75, 3.05) is 24.5 Å². The van der Waals surface area contributed by atoms with E-state index in [-0.39, 0.29) is 17.2 Å². The van der Waals surface area contributed by atoms with Gasteiger partial charge in [0, 0.05) is 56.0 Å². The van der Waals surface area contributed by atoms with E-state index >= 15 is 0 Å². The van der Waals surface area contributed by atoms with Gasteiger partial charge < -0.3 is 9.80 Å². The van der Waals surface area contributed by atoms with Crippen molar-refractivity contribution in [2.24, 2.45) is 5.41 Å². The van der Waals surface area contributed by atoms with E-state index in [0.717, 1.165) is 29.8 Å². The SMILES string of the molecule is Cc1cccc(N2CC3(CCN(C(=O)CCc4cncnc4)C3)CC2=O)c1. The van der Waals surface area contributed by atoms with E-state index in [4.69, 9.17) is 0 Å². The number of aromatic nitrogens is 2. The zero-order valence-electron chi connectivity index (χ0n) is 15.6. The minimum atomic E-state index is -0.105. The first kappa shape index (κ1) is 17.6. The van der Waals surface area contributed by atoms with Crippen LogP contribution >= 0.6 is 0 Å². The molecular formula is C21H24N4O2. The molecule has 0 radical (unpaired) electrons. The fourth-order valence-corrected chi connectivity index (χ4v) is 4.22. The molecule has 1 atom stereocenters. The molecule has 3 heterocycles. The summed E-state index contributed by atoms with van der Waals surface area (Å²) in [4.78, 5) is 37.1. The van der Waals surface area contributed by atoms with Crippen LogP contribution in [0.2, 0.25) is 0 Å². The second-order valence-electron chi connectivity index (χ2n) is 7.81. The Balaban J connectivity index is 1.38. The molecule has 6 nitrogen and oxygen atoms in total. The molecule has 0 aliphatic carbocycles. The summed E-state index contributed by atoms with van der Waals surface area (Å²) in [5, 5.41) is 0. The number of amides is 2. The summed E-state index contributed by atoms with van der Waals surface area (Å²) in [6, 6.07) is 8.06. The van der Waals surface area contributed by atoms with Gasteiger partial charge in [-0.25, -0.2) is 9.97 Å². The number of nitrogens with zero attached hydrogens (tertiary/aromatic N) is 4. The van der Waals surface area contributed by atoms with E-state index in [1.165, 1.54) is 6.33 Å². The number of carbonyl (C=O) groups excluding carboxylic acids is 2. The molecule has 2 saturated heterocycles. The van der Waals surface area contributed by atoms with E-state index in [1.54, 1.807) is 12.4 Å². The molecule has 1 unspecified atom stereocenters. The van der Waals surface area contributed by atoms with Crippen LogP contribution in [0.1, 0.15) is 30.4 Å². The first-order valence-electron chi connectivity index (χ1n) is 9.43. The molecule has 27 heavy (non-hydrogen) atoms. The highest BCUT2D eigenvalue weighted by Crippen LogP contribution is 2.42. The van der Waals surface area contributed by atoms with Gasteiger partial charge >= 0.3 is 0 Å². The number of anilines is 1. The number of likely N-dealkylation sites (tertiary alicyclic amines) is 1. The van der Waals surface area contributed by atoms with E-state index in [1.807, 2.05) is 34.9 Å². The summed E-state index contributed by atoms with van der Waals surface area (Å²) < 4.78 is 0. The van der Waals surface area contributed by atoms with Gasteiger partial charge in [0.15, 0.2) is 0 Å². The van der Waals surface area contributed by atoms with Crippen LogP contribution in [-0.4, -0.2) is 46.3 Å². The Kier molecular flexibility index (Phi) is 4.64. The van der Waals surface area contributed by atoms with Crippen molar-refractivity contribution in [1.29, 1.82) is 0 Å². The lowest BCUT2D eigenvalue weighted by Gasteiger charge is -2.24. The predicted molar refractivity (Wildman–Crippen MR) is 102 cm³/mol. The van der Waals surface area contributed by atoms with Crippen LogP contribution in [0.15, 0.2) is 43.0 Å². The third-order valence-electron chi connectivity index (χ3n) is 5.67. The number of benzene rings is 1. The zero-order chi connectivity index (χ0) is 18.9. The van der Waals surface area contributed by atoms with E-state index in [2.05, 4.69) is 16.0 Å². The fraction of sp³-hybridized carbons (Fsp3) is 0.429. The Morgan fingerprint density at radius 3 is 2.81 bits per heavy atom. The van der Waals surface area contributed by atoms with Crippen molar-refractivity contribution < 1.29 is 9.59 Å². The molecule has 2 amide bonds. The second-order valence-corrected chi connectivity index (χ2v) is 7.81. The molecular weight excluding hydrogens is 340 g/mol. The van der Waals surface area contributed by atoms with Gasteiger partial charge in [-0.05, 0) is 43.0 Å². The smallest absolute Gasteiger partial charge is 0.227 e. The molecule has 6 heteroatoms. The molecule has 140 valence electrons. The second kappa shape index (κ2) is 7.10. The van der Waals surface area contributed by atoms with Gasteiger partial charge in [-0.15, -0.1) is 0 Å². The van der Waals surface area contributed by atoms with Crippen LogP contribution in [0.5, 0.6) is 0 Å². The number of hydrogen-bond acceptors (Lipinski definition) is 4. The summed E-state index contributed by atoms with van der Waals surface area (Å²) >= 11 is 0. The molecule has 0 saturated carbocycles. The average Bonchev–Trinajstić information content (AvgIpc) is 3.23. The maximum absolute atomic E-state index is 12.6. The van der Waals surface area contributed by atoms with Crippen LogP contribution < -0.4 is 4.90 Å². The van der Waals surface area contributed by atoms with Crippen molar-refractivity contribution >= 4 is 17.5 Å². The highest BCUT2D eigenvalue weighted by molar-refractivity contribution is 5.96. The third kappa shape index (κ3) is 3.70. The van der Waals surface area contributed by atoms with Gasteiger partial charge in [-0.1, -0.05) is 12.1 Å². The highest BCUT2D eigenvalue weighted by Gasteiger charge is 2.48. The molecule has 2 aromatic rings. The molecule has 1 aromatic carbocycles. The molecule has 4 rings (SSSR count). The molecule has 1 aromatic heterocycles. The van der Waals surface area contributed by atoms with E-state index < -0.39 is 0 Å². The first-order valence-corrected chi connectivity index (χ1v) is 9.43. The monoisotopic (exact) mass is 364 g/mol. The van der Waals surface area contributed by atoms with Gasteiger partial charge in [0.05, 0.1) is 0 Å². The van der Waals surface area contributed by atoms with Gasteiger partial charge in [-0.3, -0.25) is 9.59 Å². The minimum Gasteiger partial charge on any atom is -0.342 e. The number of carbonyl (C=O) groups is 2. The maximum Gasteiger partial charge on any atom is 0.227 e. The first-order chi connectivity index (χ1) is 13.0. The Hall–Kier alpha value is -2.76. The van der Waals surface area contributed by atoms with E-state index in [9.17, 15) is 9.59 Å². The Morgan fingerprint density at radius 1 is 1.22 bits per heavy atom. The third-order valence-corrected chi connectivity index (χ3v) is 5.67. The Labute approximate surface area is 159 Å². The average molecular weight is 364 g/mol. The molecule has 2 aliphatic rings. The zero-order valence-corrected chi connectivity index (χ0v) is 15.6. The van der Waals surface area contributed by atoms with Crippen molar-refractivity contribution in [3.05, 3.63) is 54.1 Å². The molecule has 0 N–H and O–H groups in total. The number of aryl methyl sites for hydroxylation is 2. The predicted octanol–water partition coefficient (Wildman–Crippen LogP) is 2.37. The number of rotatable bonds is 4. The normalized spacial score (nSPS) is 22.0. The Morgan fingerprint density at radius 2 is 2.04 bits per heavy atom. The van der Waals surface area contributed by atoms with Gasteiger partial charge in [0.2, 0.25) is 11.8 Å². The van der Waals surface area contributed by atoms with Crippen molar-refractivity contribution in [3.63, 3.8) is 0 Å². The number of hydrogen-bond donors (Lipinski definition) is 0. The van der Waals surface area contributed by atoms with Crippen molar-refractivity contribution in [3.8, 4) is 0 Å². The summed E-state index contributed by atoms with van der Waals surface area (Å²) in [6.07, 6.45) is 7.52. The summed E-state index contributed by atoms with van der Waals surface area (Å²) in [7, 11) is 0. The highest BCUT2D eigenvalue weighted by atomic mass is 16.2. The molecule has 2 aliphatic heterocycles. The lowest BCUT2D eigenvalue weighted by atomic mass is 9.86. The molecule has 0 bridgehead atoms. The van der Waals surface area contributed by atoms with Crippen molar-refractivity contribution in [2.45, 2.75) is 32.6 Å². The van der Waals surface area contributed by atoms with Gasteiger partial charge in [0.1, 0.15) is 6.33 Å². The van der Waals surface area contributed by atoms with Crippen molar-refractivity contribution in [1.82, 2.24) is 14.9 Å². The minimum absolute atomic E-state index is 0.105. The van der Waals surface area contributed by atoms with Crippen LogP contribution in [0, 0.1) is 12.3 Å². The van der Waals surface area contributed by atoms with Gasteiger partial charge in [-0.2, -0.15) is 0 Å². The van der Waals surface area contributed by atoms with Crippen LogP contribution in [-0.2, 0) is 16.0 Å². The Bertz CT molecular complexity index is 854.